The van der Waals surface area contributed by atoms with Gasteiger partial charge in [-0.05, 0) is 42.8 Å². The zero-order valence-electron chi connectivity index (χ0n) is 8.42. The lowest BCUT2D eigenvalue weighted by Gasteiger charge is -1.92. The van der Waals surface area contributed by atoms with Crippen molar-refractivity contribution in [2.45, 2.75) is 12.3 Å². The third-order valence-corrected chi connectivity index (χ3v) is 1.43. The molecule has 0 aromatic rings. The molecule has 0 fully saturated rings. The van der Waals surface area contributed by atoms with E-state index in [1.54, 1.807) is 18.2 Å². The molecule has 0 aromatic carbocycles. The van der Waals surface area contributed by atoms with Crippen molar-refractivity contribution in [3.8, 4) is 35.5 Å². The Kier molecular flexibility index (Phi) is 9.38. The number of hydrogen-bond donors (Lipinski definition) is 1. The predicted molar refractivity (Wildman–Crippen MR) is 64.0 cm³/mol. The van der Waals surface area contributed by atoms with Crippen LogP contribution < -0.4 is 0 Å². The van der Waals surface area contributed by atoms with Gasteiger partial charge in [0.15, 0.2) is 0 Å². The van der Waals surface area contributed by atoms with E-state index in [9.17, 15) is 0 Å². The largest absolute Gasteiger partial charge is 0.395 e. The number of halogens is 1. The van der Waals surface area contributed by atoms with Crippen LogP contribution in [0.15, 0.2) is 24.3 Å². The van der Waals surface area contributed by atoms with Gasteiger partial charge in [0.25, 0.3) is 0 Å². The minimum Gasteiger partial charge on any atom is -0.395 e. The van der Waals surface area contributed by atoms with Gasteiger partial charge in [0.1, 0.15) is 0 Å². The molecule has 1 nitrogen and oxygen atoms in total. The van der Waals surface area contributed by atoms with E-state index in [2.05, 4.69) is 35.5 Å². The van der Waals surface area contributed by atoms with Gasteiger partial charge in [0, 0.05) is 0 Å². The summed E-state index contributed by atoms with van der Waals surface area (Å²) in [5, 5.41) is 8.19. The van der Waals surface area contributed by atoms with Crippen LogP contribution >= 0.6 is 11.6 Å². The summed E-state index contributed by atoms with van der Waals surface area (Å²) >= 11 is 5.59. The Labute approximate surface area is 95.8 Å². The molecule has 0 amide bonds. The molecule has 0 heterocycles. The molecule has 0 rings (SSSR count). The highest BCUT2D eigenvalue weighted by molar-refractivity contribution is 6.21. The average molecular weight is 219 g/mol. The Bertz CT molecular complexity index is 399. The highest BCUT2D eigenvalue weighted by Crippen LogP contribution is 1.94. The number of alkyl halides is 1. The summed E-state index contributed by atoms with van der Waals surface area (Å²) in [7, 11) is 0. The minimum absolute atomic E-state index is 0.0970. The van der Waals surface area contributed by atoms with Crippen LogP contribution in [-0.2, 0) is 0 Å². The number of hydrogen-bond acceptors (Lipinski definition) is 1. The van der Waals surface area contributed by atoms with Gasteiger partial charge in [0.2, 0.25) is 0 Å². The molecule has 0 aliphatic carbocycles. The quantitative estimate of drug-likeness (QED) is 0.553. The van der Waals surface area contributed by atoms with E-state index in [1.807, 2.05) is 13.0 Å². The van der Waals surface area contributed by atoms with Crippen LogP contribution in [0.4, 0.5) is 0 Å². The summed E-state index contributed by atoms with van der Waals surface area (Å²) in [5.74, 6) is 15.7. The predicted octanol–water partition coefficient (Wildman–Crippen LogP) is 1.73. The molecule has 1 unspecified atom stereocenters. The van der Waals surface area contributed by atoms with Crippen molar-refractivity contribution in [2.75, 3.05) is 6.61 Å². The highest BCUT2D eigenvalue weighted by atomic mass is 35.5. The number of aliphatic hydroxyl groups is 1. The van der Waals surface area contributed by atoms with Crippen molar-refractivity contribution in [1.29, 1.82) is 0 Å². The van der Waals surface area contributed by atoms with Crippen molar-refractivity contribution >= 4 is 11.6 Å². The van der Waals surface area contributed by atoms with Crippen LogP contribution in [0.25, 0.3) is 0 Å². The van der Waals surface area contributed by atoms with Crippen LogP contribution in [0.2, 0.25) is 0 Å². The van der Waals surface area contributed by atoms with Gasteiger partial charge >= 0.3 is 0 Å². The second-order valence-electron chi connectivity index (χ2n) is 2.35. The molecule has 1 atom stereocenters. The van der Waals surface area contributed by atoms with E-state index in [0.717, 1.165) is 0 Å². The Balaban J connectivity index is 4.01. The summed E-state index contributed by atoms with van der Waals surface area (Å²) in [6, 6.07) is 0. The van der Waals surface area contributed by atoms with E-state index in [0.29, 0.717) is 0 Å². The fourth-order valence-corrected chi connectivity index (χ4v) is 0.587. The molecule has 15 heavy (non-hydrogen) atoms. The average Bonchev–Trinajstić information content (AvgIpc) is 2.26. The van der Waals surface area contributed by atoms with E-state index in [-0.39, 0.29) is 12.0 Å². The maximum atomic E-state index is 8.57. The van der Waals surface area contributed by atoms with Crippen molar-refractivity contribution in [3.63, 3.8) is 0 Å². The molecule has 0 aliphatic rings. The summed E-state index contributed by atoms with van der Waals surface area (Å²) < 4.78 is 0. The van der Waals surface area contributed by atoms with E-state index < -0.39 is 0 Å². The molecular formula is C13H11ClO. The van der Waals surface area contributed by atoms with Gasteiger partial charge in [-0.2, -0.15) is 0 Å². The first kappa shape index (κ1) is 13.4. The summed E-state index contributed by atoms with van der Waals surface area (Å²) in [4.78, 5) is 0. The van der Waals surface area contributed by atoms with Crippen molar-refractivity contribution in [3.05, 3.63) is 24.3 Å². The number of rotatable bonds is 2. The molecule has 0 radical (unpaired) electrons. The van der Waals surface area contributed by atoms with Gasteiger partial charge in [-0.3, -0.25) is 0 Å². The lowest BCUT2D eigenvalue weighted by molar-refractivity contribution is 0.305. The minimum atomic E-state index is -0.387. The smallest absolute Gasteiger partial charge is 0.0756 e. The van der Waals surface area contributed by atoms with Crippen molar-refractivity contribution < 1.29 is 5.11 Å². The van der Waals surface area contributed by atoms with E-state index >= 15 is 0 Å². The SMILES string of the molecule is CC=CC#CC#CC#CC=CC(Cl)CO. The standard InChI is InChI=1S/C13H11ClO/c1-2-3-4-5-6-7-8-9-10-11-13(14)12-15/h2-3,10-11,13,15H,12H2,1H3. The molecule has 1 N–H and O–H groups in total. The molecule has 0 aliphatic heterocycles. The number of allylic oxidation sites excluding steroid dienone is 3. The fourth-order valence-electron chi connectivity index (χ4n) is 0.515. The van der Waals surface area contributed by atoms with Crippen molar-refractivity contribution in [1.82, 2.24) is 0 Å². The first-order chi connectivity index (χ1) is 7.31. The third-order valence-electron chi connectivity index (χ3n) is 1.14. The van der Waals surface area contributed by atoms with Gasteiger partial charge in [0.05, 0.1) is 12.0 Å². The molecule has 0 spiro atoms. The third kappa shape index (κ3) is 10.3. The Hall–Kier alpha value is -1.59. The normalized spacial score (nSPS) is 10.9. The molecule has 0 aromatic heterocycles. The maximum absolute atomic E-state index is 8.57. The first-order valence-corrected chi connectivity index (χ1v) is 4.78. The second-order valence-corrected chi connectivity index (χ2v) is 2.91. The van der Waals surface area contributed by atoms with Gasteiger partial charge in [-0.1, -0.05) is 24.0 Å². The number of aliphatic hydroxyl groups excluding tert-OH is 1. The molecule has 76 valence electrons. The van der Waals surface area contributed by atoms with E-state index in [1.165, 1.54) is 0 Å². The molecule has 2 heteroatoms. The Morgan fingerprint density at radius 3 is 2.27 bits per heavy atom. The zero-order chi connectivity index (χ0) is 11.4. The van der Waals surface area contributed by atoms with Crippen LogP contribution in [0.1, 0.15) is 6.92 Å². The topological polar surface area (TPSA) is 20.2 Å². The van der Waals surface area contributed by atoms with Gasteiger partial charge < -0.3 is 5.11 Å². The molecule has 0 bridgehead atoms. The van der Waals surface area contributed by atoms with Crippen LogP contribution in [0.5, 0.6) is 0 Å². The summed E-state index contributed by atoms with van der Waals surface area (Å²) in [6.45, 7) is 1.79. The van der Waals surface area contributed by atoms with Crippen LogP contribution in [0, 0.1) is 35.5 Å². The van der Waals surface area contributed by atoms with Crippen molar-refractivity contribution in [2.24, 2.45) is 0 Å². The van der Waals surface area contributed by atoms with Crippen LogP contribution in [0.3, 0.4) is 0 Å². The van der Waals surface area contributed by atoms with E-state index in [4.69, 9.17) is 16.7 Å². The zero-order valence-corrected chi connectivity index (χ0v) is 9.17. The lowest BCUT2D eigenvalue weighted by Crippen LogP contribution is -1.98. The highest BCUT2D eigenvalue weighted by Gasteiger charge is 1.91. The monoisotopic (exact) mass is 218 g/mol. The Morgan fingerprint density at radius 1 is 1.13 bits per heavy atom. The fraction of sp³-hybridized carbons (Fsp3) is 0.231. The van der Waals surface area contributed by atoms with Gasteiger partial charge in [-0.15, -0.1) is 11.6 Å². The first-order valence-electron chi connectivity index (χ1n) is 4.35. The molecule has 0 saturated heterocycles. The summed E-state index contributed by atoms with van der Waals surface area (Å²) in [6.07, 6.45) is 6.70. The lowest BCUT2D eigenvalue weighted by atomic mass is 10.4. The Morgan fingerprint density at radius 2 is 1.73 bits per heavy atom. The molecular weight excluding hydrogens is 208 g/mol. The summed E-state index contributed by atoms with van der Waals surface area (Å²) in [5.41, 5.74) is 0. The van der Waals surface area contributed by atoms with Crippen LogP contribution in [-0.4, -0.2) is 17.1 Å². The maximum Gasteiger partial charge on any atom is 0.0756 e. The molecule has 0 saturated carbocycles. The van der Waals surface area contributed by atoms with Gasteiger partial charge in [-0.25, -0.2) is 0 Å². The second kappa shape index (κ2) is 10.5.